The summed E-state index contributed by atoms with van der Waals surface area (Å²) in [5.41, 5.74) is 0.954. The van der Waals surface area contributed by atoms with Crippen LogP contribution in [-0.4, -0.2) is 45.9 Å². The van der Waals surface area contributed by atoms with Gasteiger partial charge in [0.05, 0.1) is 12.2 Å². The lowest BCUT2D eigenvalue weighted by molar-refractivity contribution is -0.0799. The minimum Gasteiger partial charge on any atom is -0.387 e. The van der Waals surface area contributed by atoms with Crippen molar-refractivity contribution in [3.63, 3.8) is 0 Å². The van der Waals surface area contributed by atoms with E-state index < -0.39 is 6.10 Å². The summed E-state index contributed by atoms with van der Waals surface area (Å²) in [6.45, 7) is 2.66. The second-order valence-corrected chi connectivity index (χ2v) is 6.40. The van der Waals surface area contributed by atoms with Gasteiger partial charge in [0.15, 0.2) is 5.82 Å². The van der Waals surface area contributed by atoms with Crippen LogP contribution in [0.5, 0.6) is 0 Å². The highest BCUT2D eigenvalue weighted by Crippen LogP contribution is 2.38. The van der Waals surface area contributed by atoms with Crippen LogP contribution in [0, 0.1) is 0 Å². The third-order valence-electron chi connectivity index (χ3n) is 4.41. The number of nitrogens with zero attached hydrogens (tertiary/aromatic N) is 3. The van der Waals surface area contributed by atoms with Crippen molar-refractivity contribution in [3.8, 4) is 0 Å². The smallest absolute Gasteiger partial charge is 0.252 e. The molecule has 4 rings (SSSR count). The van der Waals surface area contributed by atoms with Crippen molar-refractivity contribution in [2.45, 2.75) is 37.6 Å². The Labute approximate surface area is 135 Å². The number of hydrogen-bond donors (Lipinski definition) is 1. The number of aliphatic hydroxyl groups excluding tert-OH is 1. The van der Waals surface area contributed by atoms with Crippen molar-refractivity contribution in [3.05, 3.63) is 47.6 Å². The SMILES string of the molecule is OC(CN1CC(OCc2nc(C3CC3)no2)C1)c1ccccc1. The molecule has 2 aliphatic rings. The van der Waals surface area contributed by atoms with Gasteiger partial charge in [-0.15, -0.1) is 0 Å². The number of β-amino-alcohol motifs (C(OH)–C–C–N with tert-alkyl or cyclic N) is 1. The van der Waals surface area contributed by atoms with E-state index in [9.17, 15) is 5.11 Å². The maximum absolute atomic E-state index is 10.2. The molecule has 23 heavy (non-hydrogen) atoms. The van der Waals surface area contributed by atoms with E-state index in [-0.39, 0.29) is 6.10 Å². The Morgan fingerprint density at radius 1 is 1.26 bits per heavy atom. The molecule has 1 N–H and O–H groups in total. The van der Waals surface area contributed by atoms with E-state index in [0.717, 1.165) is 24.5 Å². The molecule has 1 aromatic heterocycles. The molecule has 2 fully saturated rings. The van der Waals surface area contributed by atoms with Gasteiger partial charge in [0.25, 0.3) is 5.89 Å². The van der Waals surface area contributed by atoms with E-state index in [1.165, 1.54) is 12.8 Å². The van der Waals surface area contributed by atoms with Gasteiger partial charge in [-0.3, -0.25) is 4.90 Å². The molecule has 0 amide bonds. The first-order valence-corrected chi connectivity index (χ1v) is 8.17. The molecule has 0 bridgehead atoms. The Hall–Kier alpha value is -1.76. The van der Waals surface area contributed by atoms with Crippen molar-refractivity contribution in [2.24, 2.45) is 0 Å². The van der Waals surface area contributed by atoms with Crippen LogP contribution in [0.2, 0.25) is 0 Å². The first-order valence-electron chi connectivity index (χ1n) is 8.17. The van der Waals surface area contributed by atoms with E-state index in [1.54, 1.807) is 0 Å². The Morgan fingerprint density at radius 2 is 2.04 bits per heavy atom. The van der Waals surface area contributed by atoms with Gasteiger partial charge < -0.3 is 14.4 Å². The van der Waals surface area contributed by atoms with Gasteiger partial charge in [-0.25, -0.2) is 0 Å². The summed E-state index contributed by atoms with van der Waals surface area (Å²) in [7, 11) is 0. The minimum atomic E-state index is -0.450. The number of rotatable bonds is 7. The Kier molecular flexibility index (Phi) is 4.11. The summed E-state index contributed by atoms with van der Waals surface area (Å²) in [4.78, 5) is 6.54. The van der Waals surface area contributed by atoms with Gasteiger partial charge in [0.1, 0.15) is 6.61 Å². The fourth-order valence-corrected chi connectivity index (χ4v) is 2.83. The minimum absolute atomic E-state index is 0.175. The van der Waals surface area contributed by atoms with Gasteiger partial charge in [-0.1, -0.05) is 35.5 Å². The first kappa shape index (κ1) is 14.8. The van der Waals surface area contributed by atoms with Crippen LogP contribution in [-0.2, 0) is 11.3 Å². The first-order chi connectivity index (χ1) is 11.3. The van der Waals surface area contributed by atoms with E-state index in [2.05, 4.69) is 15.0 Å². The topological polar surface area (TPSA) is 71.6 Å². The Morgan fingerprint density at radius 3 is 2.78 bits per heavy atom. The van der Waals surface area contributed by atoms with Gasteiger partial charge in [0.2, 0.25) is 0 Å². The summed E-state index contributed by atoms with van der Waals surface area (Å²) in [5, 5.41) is 14.2. The zero-order chi connectivity index (χ0) is 15.6. The fraction of sp³-hybridized carbons (Fsp3) is 0.529. The summed E-state index contributed by atoms with van der Waals surface area (Å²) < 4.78 is 11.0. The van der Waals surface area contributed by atoms with Crippen molar-refractivity contribution < 1.29 is 14.4 Å². The molecule has 2 heterocycles. The molecule has 1 unspecified atom stereocenters. The molecule has 6 heteroatoms. The lowest BCUT2D eigenvalue weighted by atomic mass is 10.1. The molecule has 0 spiro atoms. The normalized spacial score (nSPS) is 20.4. The molecule has 2 aromatic rings. The third kappa shape index (κ3) is 3.60. The van der Waals surface area contributed by atoms with Gasteiger partial charge in [-0.2, -0.15) is 4.98 Å². The lowest BCUT2D eigenvalue weighted by Crippen LogP contribution is -2.53. The second-order valence-electron chi connectivity index (χ2n) is 6.40. The van der Waals surface area contributed by atoms with Crippen LogP contribution < -0.4 is 0 Å². The Balaban J connectivity index is 1.18. The summed E-state index contributed by atoms with van der Waals surface area (Å²) in [5.74, 6) is 1.89. The molecular weight excluding hydrogens is 294 g/mol. The van der Waals surface area contributed by atoms with Crippen molar-refractivity contribution >= 4 is 0 Å². The predicted molar refractivity (Wildman–Crippen MR) is 82.7 cm³/mol. The van der Waals surface area contributed by atoms with Gasteiger partial charge in [0, 0.05) is 25.6 Å². The highest BCUT2D eigenvalue weighted by Gasteiger charge is 2.31. The molecule has 0 radical (unpaired) electrons. The fourth-order valence-electron chi connectivity index (χ4n) is 2.83. The standard InChI is InChI=1S/C17H21N3O3/c21-15(12-4-2-1-3-5-12)10-20-8-14(9-20)22-11-16-18-17(19-23-16)13-6-7-13/h1-5,13-15,21H,6-11H2. The zero-order valence-electron chi connectivity index (χ0n) is 13.0. The molecule has 1 atom stereocenters. The predicted octanol–water partition coefficient (Wildman–Crippen LogP) is 1.88. The summed E-state index contributed by atoms with van der Waals surface area (Å²) in [6, 6.07) is 9.74. The Bertz CT molecular complexity index is 636. The zero-order valence-corrected chi connectivity index (χ0v) is 13.0. The highest BCUT2D eigenvalue weighted by molar-refractivity contribution is 5.17. The maximum atomic E-state index is 10.2. The number of hydrogen-bond acceptors (Lipinski definition) is 6. The molecular formula is C17H21N3O3. The average Bonchev–Trinajstić information content (AvgIpc) is 3.29. The lowest BCUT2D eigenvalue weighted by Gasteiger charge is -2.39. The van der Waals surface area contributed by atoms with Crippen molar-refractivity contribution in [2.75, 3.05) is 19.6 Å². The van der Waals surface area contributed by atoms with E-state index >= 15 is 0 Å². The van der Waals surface area contributed by atoms with Crippen LogP contribution in [0.15, 0.2) is 34.9 Å². The molecule has 1 aliphatic heterocycles. The van der Waals surface area contributed by atoms with E-state index in [4.69, 9.17) is 9.26 Å². The molecule has 1 saturated heterocycles. The summed E-state index contributed by atoms with van der Waals surface area (Å²) >= 11 is 0. The number of likely N-dealkylation sites (tertiary alicyclic amines) is 1. The van der Waals surface area contributed by atoms with Crippen molar-refractivity contribution in [1.29, 1.82) is 0 Å². The molecule has 6 nitrogen and oxygen atoms in total. The molecule has 1 aromatic carbocycles. The van der Waals surface area contributed by atoms with Crippen LogP contribution in [0.3, 0.4) is 0 Å². The van der Waals surface area contributed by atoms with Crippen LogP contribution in [0.4, 0.5) is 0 Å². The quantitative estimate of drug-likeness (QED) is 0.841. The maximum Gasteiger partial charge on any atom is 0.252 e. The van der Waals surface area contributed by atoms with Crippen molar-refractivity contribution in [1.82, 2.24) is 15.0 Å². The van der Waals surface area contributed by atoms with E-state index in [1.807, 2.05) is 30.3 Å². The number of ether oxygens (including phenoxy) is 1. The van der Waals surface area contributed by atoms with Crippen LogP contribution >= 0.6 is 0 Å². The van der Waals surface area contributed by atoms with Crippen LogP contribution in [0.25, 0.3) is 0 Å². The summed E-state index contributed by atoms with van der Waals surface area (Å²) in [6.07, 6.45) is 2.06. The monoisotopic (exact) mass is 315 g/mol. The second kappa shape index (κ2) is 6.39. The largest absolute Gasteiger partial charge is 0.387 e. The number of aromatic nitrogens is 2. The van der Waals surface area contributed by atoms with Gasteiger partial charge >= 0.3 is 0 Å². The average molecular weight is 315 g/mol. The highest BCUT2D eigenvalue weighted by atomic mass is 16.5. The molecule has 1 saturated carbocycles. The van der Waals surface area contributed by atoms with Crippen LogP contribution in [0.1, 0.15) is 42.1 Å². The van der Waals surface area contributed by atoms with E-state index in [0.29, 0.717) is 25.0 Å². The number of benzene rings is 1. The molecule has 122 valence electrons. The van der Waals surface area contributed by atoms with Gasteiger partial charge in [-0.05, 0) is 18.4 Å². The molecule has 1 aliphatic carbocycles. The third-order valence-corrected chi connectivity index (χ3v) is 4.41. The number of aliphatic hydroxyl groups is 1.